The number of nitrogens with zero attached hydrogens (tertiary/aromatic N) is 3. The molecule has 2 aromatic heterocycles. The summed E-state index contributed by atoms with van der Waals surface area (Å²) in [6.45, 7) is 0. The molecule has 0 aromatic carbocycles. The number of carboxylic acid groups (broad SMARTS) is 1. The van der Waals surface area contributed by atoms with Gasteiger partial charge in [0, 0.05) is 30.4 Å². The second-order valence-electron chi connectivity index (χ2n) is 3.84. The number of carboxylic acids is 1. The van der Waals surface area contributed by atoms with Gasteiger partial charge in [-0.05, 0) is 12.1 Å². The Morgan fingerprint density at radius 3 is 2.68 bits per heavy atom. The van der Waals surface area contributed by atoms with Crippen LogP contribution in [0.15, 0.2) is 30.6 Å². The minimum absolute atomic E-state index is 0.0110. The minimum atomic E-state index is -0.878. The summed E-state index contributed by atoms with van der Waals surface area (Å²) in [6.07, 6.45) is 3.59. The Morgan fingerprint density at radius 2 is 2.05 bits per heavy atom. The molecular weight excluding hydrogens is 246 g/mol. The quantitative estimate of drug-likeness (QED) is 0.877. The highest BCUT2D eigenvalue weighted by atomic mass is 16.5. The second-order valence-corrected chi connectivity index (χ2v) is 3.84. The summed E-state index contributed by atoms with van der Waals surface area (Å²) in [4.78, 5) is 23.0. The zero-order valence-electron chi connectivity index (χ0n) is 10.4. The summed E-state index contributed by atoms with van der Waals surface area (Å²) in [6, 6.07) is 5.35. The number of aryl methyl sites for hydroxylation is 1. The summed E-state index contributed by atoms with van der Waals surface area (Å²) < 4.78 is 5.11. The Bertz CT molecular complexity index is 573. The lowest BCUT2D eigenvalue weighted by molar-refractivity contribution is -0.137. The molecular formula is C13H13N3O3. The number of carbonyl (C=O) groups is 1. The van der Waals surface area contributed by atoms with Gasteiger partial charge in [0.2, 0.25) is 5.88 Å². The van der Waals surface area contributed by atoms with Gasteiger partial charge < -0.3 is 9.84 Å². The van der Waals surface area contributed by atoms with E-state index in [2.05, 4.69) is 15.0 Å². The maximum absolute atomic E-state index is 10.6. The van der Waals surface area contributed by atoms with Crippen LogP contribution in [0.25, 0.3) is 11.3 Å². The average Bonchev–Trinajstić information content (AvgIpc) is 2.45. The van der Waals surface area contributed by atoms with E-state index in [1.165, 1.54) is 7.11 Å². The predicted octanol–water partition coefficient (Wildman–Crippen LogP) is 1.56. The molecule has 98 valence electrons. The van der Waals surface area contributed by atoms with E-state index in [0.717, 1.165) is 5.56 Å². The molecule has 2 aromatic rings. The maximum atomic E-state index is 10.6. The van der Waals surface area contributed by atoms with Crippen LogP contribution in [0.3, 0.4) is 0 Å². The van der Waals surface area contributed by atoms with Crippen LogP contribution in [0.1, 0.15) is 12.2 Å². The fourth-order valence-corrected chi connectivity index (χ4v) is 1.58. The van der Waals surface area contributed by atoms with Gasteiger partial charge in [-0.1, -0.05) is 0 Å². The van der Waals surface area contributed by atoms with E-state index >= 15 is 0 Å². The molecule has 19 heavy (non-hydrogen) atoms. The van der Waals surface area contributed by atoms with Crippen molar-refractivity contribution in [1.82, 2.24) is 15.0 Å². The molecule has 0 aliphatic carbocycles. The first kappa shape index (κ1) is 12.9. The van der Waals surface area contributed by atoms with Crippen molar-refractivity contribution in [3.8, 4) is 17.1 Å². The van der Waals surface area contributed by atoms with Crippen LogP contribution in [0.4, 0.5) is 0 Å². The Kier molecular flexibility index (Phi) is 4.02. The lowest BCUT2D eigenvalue weighted by Crippen LogP contribution is -2.04. The molecule has 2 rings (SSSR count). The topological polar surface area (TPSA) is 85.2 Å². The maximum Gasteiger partial charge on any atom is 0.303 e. The number of ether oxygens (including phenoxy) is 1. The SMILES string of the molecule is COc1cc(-c2ccncc2)nc(CCC(=O)O)n1. The van der Waals surface area contributed by atoms with Gasteiger partial charge in [0.15, 0.2) is 0 Å². The molecule has 0 spiro atoms. The third kappa shape index (κ3) is 3.48. The minimum Gasteiger partial charge on any atom is -0.481 e. The molecule has 0 saturated carbocycles. The van der Waals surface area contributed by atoms with Gasteiger partial charge in [-0.3, -0.25) is 9.78 Å². The standard InChI is InChI=1S/C13H13N3O3/c1-19-12-8-10(9-4-6-14-7-5-9)15-11(16-12)2-3-13(17)18/h4-8H,2-3H2,1H3,(H,17,18). The number of hydrogen-bond acceptors (Lipinski definition) is 5. The van der Waals surface area contributed by atoms with Gasteiger partial charge >= 0.3 is 5.97 Å². The Hall–Kier alpha value is -2.50. The van der Waals surface area contributed by atoms with Gasteiger partial charge in [0.05, 0.1) is 19.2 Å². The molecule has 0 bridgehead atoms. The third-order valence-electron chi connectivity index (χ3n) is 2.50. The van der Waals surface area contributed by atoms with Gasteiger partial charge in [-0.15, -0.1) is 0 Å². The fraction of sp³-hybridized carbons (Fsp3) is 0.231. The molecule has 6 heteroatoms. The van der Waals surface area contributed by atoms with Crippen molar-refractivity contribution in [3.63, 3.8) is 0 Å². The number of hydrogen-bond donors (Lipinski definition) is 1. The highest BCUT2D eigenvalue weighted by Crippen LogP contribution is 2.20. The van der Waals surface area contributed by atoms with Crippen molar-refractivity contribution >= 4 is 5.97 Å². The highest BCUT2D eigenvalue weighted by Gasteiger charge is 2.08. The van der Waals surface area contributed by atoms with Gasteiger partial charge in [-0.25, -0.2) is 4.98 Å². The molecule has 0 aliphatic rings. The zero-order valence-corrected chi connectivity index (χ0v) is 10.4. The Labute approximate surface area is 110 Å². The van der Waals surface area contributed by atoms with Crippen molar-refractivity contribution in [1.29, 1.82) is 0 Å². The summed E-state index contributed by atoms with van der Waals surface area (Å²) >= 11 is 0. The lowest BCUT2D eigenvalue weighted by atomic mass is 10.2. The van der Waals surface area contributed by atoms with Crippen LogP contribution in [0.2, 0.25) is 0 Å². The number of pyridine rings is 1. The van der Waals surface area contributed by atoms with Crippen LogP contribution in [-0.4, -0.2) is 33.1 Å². The van der Waals surface area contributed by atoms with E-state index in [-0.39, 0.29) is 12.8 Å². The van der Waals surface area contributed by atoms with Crippen LogP contribution in [0.5, 0.6) is 5.88 Å². The monoisotopic (exact) mass is 259 g/mol. The fourth-order valence-electron chi connectivity index (χ4n) is 1.58. The average molecular weight is 259 g/mol. The molecule has 0 fully saturated rings. The van der Waals surface area contributed by atoms with Crippen LogP contribution >= 0.6 is 0 Å². The van der Waals surface area contributed by atoms with Crippen molar-refractivity contribution in [3.05, 3.63) is 36.4 Å². The van der Waals surface area contributed by atoms with Crippen molar-refractivity contribution in [2.75, 3.05) is 7.11 Å². The first-order valence-corrected chi connectivity index (χ1v) is 5.73. The molecule has 6 nitrogen and oxygen atoms in total. The third-order valence-corrected chi connectivity index (χ3v) is 2.50. The van der Waals surface area contributed by atoms with Crippen LogP contribution in [0, 0.1) is 0 Å². The number of rotatable bonds is 5. The summed E-state index contributed by atoms with van der Waals surface area (Å²) in [5, 5.41) is 8.69. The van der Waals surface area contributed by atoms with E-state index < -0.39 is 5.97 Å². The molecule has 2 heterocycles. The number of aliphatic carboxylic acids is 1. The number of aromatic nitrogens is 3. The molecule has 0 amide bonds. The van der Waals surface area contributed by atoms with Crippen molar-refractivity contribution in [2.45, 2.75) is 12.8 Å². The van der Waals surface area contributed by atoms with Crippen molar-refractivity contribution in [2.24, 2.45) is 0 Å². The van der Waals surface area contributed by atoms with Gasteiger partial charge in [-0.2, -0.15) is 4.98 Å². The Balaban J connectivity index is 2.33. The first-order valence-electron chi connectivity index (χ1n) is 5.73. The normalized spacial score (nSPS) is 10.2. The summed E-state index contributed by atoms with van der Waals surface area (Å²) in [5.74, 6) is -0.00681. The zero-order chi connectivity index (χ0) is 13.7. The van der Waals surface area contributed by atoms with Gasteiger partial charge in [0.1, 0.15) is 5.82 Å². The molecule has 0 saturated heterocycles. The lowest BCUT2D eigenvalue weighted by Gasteiger charge is -2.06. The van der Waals surface area contributed by atoms with E-state index in [1.54, 1.807) is 18.5 Å². The molecule has 0 radical (unpaired) electrons. The van der Waals surface area contributed by atoms with E-state index in [1.807, 2.05) is 12.1 Å². The molecule has 0 atom stereocenters. The van der Waals surface area contributed by atoms with Crippen molar-refractivity contribution < 1.29 is 14.6 Å². The van der Waals surface area contributed by atoms with E-state index in [4.69, 9.17) is 9.84 Å². The number of methoxy groups -OCH3 is 1. The van der Waals surface area contributed by atoms with Crippen LogP contribution in [-0.2, 0) is 11.2 Å². The molecule has 0 unspecified atom stereocenters. The summed E-state index contributed by atoms with van der Waals surface area (Å²) in [7, 11) is 1.51. The Morgan fingerprint density at radius 1 is 1.32 bits per heavy atom. The molecule has 0 aliphatic heterocycles. The smallest absolute Gasteiger partial charge is 0.303 e. The predicted molar refractivity (Wildman–Crippen MR) is 67.8 cm³/mol. The largest absolute Gasteiger partial charge is 0.481 e. The molecule has 1 N–H and O–H groups in total. The van der Waals surface area contributed by atoms with Gasteiger partial charge in [0.25, 0.3) is 0 Å². The highest BCUT2D eigenvalue weighted by molar-refractivity contribution is 5.67. The van der Waals surface area contributed by atoms with Crippen LogP contribution < -0.4 is 4.74 Å². The first-order chi connectivity index (χ1) is 9.19. The van der Waals surface area contributed by atoms with E-state index in [0.29, 0.717) is 17.4 Å². The van der Waals surface area contributed by atoms with E-state index in [9.17, 15) is 4.79 Å². The second kappa shape index (κ2) is 5.90. The summed E-state index contributed by atoms with van der Waals surface area (Å²) in [5.41, 5.74) is 1.57.